The van der Waals surface area contributed by atoms with E-state index in [9.17, 15) is 14.7 Å². The fraction of sp³-hybridized carbons (Fsp3) is 0.407. The van der Waals surface area contributed by atoms with E-state index in [0.29, 0.717) is 26.0 Å². The summed E-state index contributed by atoms with van der Waals surface area (Å²) in [5.74, 6) is 0.707. The van der Waals surface area contributed by atoms with E-state index in [1.165, 1.54) is 4.90 Å². The maximum atomic E-state index is 13.8. The smallest absolute Gasteiger partial charge is 0.328 e. The first-order chi connectivity index (χ1) is 16.9. The predicted octanol–water partition coefficient (Wildman–Crippen LogP) is 3.94. The summed E-state index contributed by atoms with van der Waals surface area (Å²) in [4.78, 5) is 34.2. The van der Waals surface area contributed by atoms with Gasteiger partial charge >= 0.3 is 6.03 Å². The first kappa shape index (κ1) is 23.2. The topological polar surface area (TPSA) is 97.9 Å². The molecule has 184 valence electrons. The Balaban J connectivity index is 1.64. The van der Waals surface area contributed by atoms with Crippen molar-refractivity contribution in [3.63, 3.8) is 0 Å². The zero-order valence-corrected chi connectivity index (χ0v) is 20.4. The molecule has 0 aliphatic carbocycles. The predicted molar refractivity (Wildman–Crippen MR) is 134 cm³/mol. The maximum absolute atomic E-state index is 13.8. The summed E-state index contributed by atoms with van der Waals surface area (Å²) in [5.41, 5.74) is 2.52. The molecule has 2 unspecified atom stereocenters. The monoisotopic (exact) mass is 476 g/mol. The molecule has 3 amide bonds. The molecule has 0 spiro atoms. The van der Waals surface area contributed by atoms with Gasteiger partial charge < -0.3 is 20.1 Å². The molecule has 8 heteroatoms. The number of amides is 3. The molecule has 1 aromatic heterocycles. The van der Waals surface area contributed by atoms with Gasteiger partial charge in [0.2, 0.25) is 0 Å². The number of hydrogen-bond donors (Lipinski definition) is 3. The van der Waals surface area contributed by atoms with Gasteiger partial charge in [-0.2, -0.15) is 0 Å². The Hall–Kier alpha value is -3.52. The van der Waals surface area contributed by atoms with E-state index in [1.807, 2.05) is 45.0 Å². The van der Waals surface area contributed by atoms with Crippen LogP contribution in [0.25, 0.3) is 10.9 Å². The lowest BCUT2D eigenvalue weighted by Gasteiger charge is -2.42. The number of aromatic nitrogens is 1. The molecule has 3 N–H and O–H groups in total. The minimum Gasteiger partial charge on any atom is -0.508 e. The number of hydrogen-bond acceptors (Lipinski definition) is 5. The number of H-pyrrole nitrogens is 1. The van der Waals surface area contributed by atoms with Crippen LogP contribution in [0.1, 0.15) is 50.1 Å². The van der Waals surface area contributed by atoms with E-state index < -0.39 is 11.6 Å². The van der Waals surface area contributed by atoms with Gasteiger partial charge in [0.25, 0.3) is 5.91 Å². The third kappa shape index (κ3) is 3.72. The molecule has 3 heterocycles. The Morgan fingerprint density at radius 1 is 1.20 bits per heavy atom. The molecule has 0 saturated carbocycles. The summed E-state index contributed by atoms with van der Waals surface area (Å²) in [6.07, 6.45) is 1.10. The van der Waals surface area contributed by atoms with Crippen molar-refractivity contribution in [2.75, 3.05) is 26.2 Å². The summed E-state index contributed by atoms with van der Waals surface area (Å²) in [6.45, 7) is 8.35. The number of ether oxygens (including phenoxy) is 1. The molecular formula is C27H32N4O4. The molecule has 2 aliphatic rings. The summed E-state index contributed by atoms with van der Waals surface area (Å²) >= 11 is 0. The fourth-order valence-electron chi connectivity index (χ4n) is 5.53. The number of nitrogens with zero attached hydrogens (tertiary/aromatic N) is 2. The third-order valence-electron chi connectivity index (χ3n) is 7.12. The van der Waals surface area contributed by atoms with E-state index in [0.717, 1.165) is 46.6 Å². The quantitative estimate of drug-likeness (QED) is 0.338. The highest BCUT2D eigenvalue weighted by molar-refractivity contribution is 6.08. The first-order valence-electron chi connectivity index (χ1n) is 12.3. The highest BCUT2D eigenvalue weighted by Gasteiger charge is 2.60. The van der Waals surface area contributed by atoms with E-state index in [-0.39, 0.29) is 17.7 Å². The van der Waals surface area contributed by atoms with Gasteiger partial charge in [-0.15, -0.1) is 0 Å². The molecule has 0 bridgehead atoms. The van der Waals surface area contributed by atoms with Crippen molar-refractivity contribution in [2.24, 2.45) is 0 Å². The van der Waals surface area contributed by atoms with Gasteiger partial charge in [-0.3, -0.25) is 14.6 Å². The van der Waals surface area contributed by atoms with Crippen LogP contribution in [0.2, 0.25) is 0 Å². The van der Waals surface area contributed by atoms with Crippen molar-refractivity contribution >= 4 is 22.8 Å². The number of nitrogens with one attached hydrogen (secondary N) is 2. The second-order valence-electron chi connectivity index (χ2n) is 9.42. The zero-order chi connectivity index (χ0) is 24.7. The van der Waals surface area contributed by atoms with Crippen molar-refractivity contribution in [2.45, 2.75) is 45.2 Å². The van der Waals surface area contributed by atoms with E-state index in [4.69, 9.17) is 4.74 Å². The summed E-state index contributed by atoms with van der Waals surface area (Å²) in [7, 11) is 0. The van der Waals surface area contributed by atoms with Crippen LogP contribution in [-0.4, -0.2) is 63.6 Å². The number of carbonyl (C=O) groups excluding carboxylic acids is 2. The summed E-state index contributed by atoms with van der Waals surface area (Å²) in [6, 6.07) is 12.0. The molecule has 2 atom stereocenters. The number of carbonyl (C=O) groups is 2. The van der Waals surface area contributed by atoms with Gasteiger partial charge in [-0.25, -0.2) is 4.79 Å². The number of phenolic OH excluding ortho intramolecular Hbond substituents is 1. The standard InChI is InChI=1S/C27H32N4O4/c1-4-28-12-7-13-30-25(33)27(3)16-21-20-15-19(35-5-2)10-11-22(20)29-23(21)24(31(27)26(30)34)17-8-6-9-18(32)14-17/h6,8-11,14-15,24,28-29,32H,4-5,7,12-13,16H2,1-3H3. The van der Waals surface area contributed by atoms with Crippen LogP contribution in [0.3, 0.4) is 0 Å². The van der Waals surface area contributed by atoms with Crippen molar-refractivity contribution in [1.29, 1.82) is 0 Å². The van der Waals surface area contributed by atoms with Crippen LogP contribution < -0.4 is 10.1 Å². The van der Waals surface area contributed by atoms with Crippen LogP contribution in [-0.2, 0) is 11.2 Å². The third-order valence-corrected chi connectivity index (χ3v) is 7.12. The highest BCUT2D eigenvalue weighted by atomic mass is 16.5. The average Bonchev–Trinajstić information content (AvgIpc) is 3.28. The highest BCUT2D eigenvalue weighted by Crippen LogP contribution is 2.49. The minimum atomic E-state index is -1.03. The molecule has 1 saturated heterocycles. The Labute approximate surface area is 204 Å². The van der Waals surface area contributed by atoms with E-state index in [1.54, 1.807) is 23.1 Å². The van der Waals surface area contributed by atoms with Crippen molar-refractivity contribution in [3.8, 4) is 11.5 Å². The van der Waals surface area contributed by atoms with Gasteiger partial charge in [0.05, 0.1) is 6.61 Å². The molecule has 2 aromatic carbocycles. The zero-order valence-electron chi connectivity index (χ0n) is 20.4. The largest absolute Gasteiger partial charge is 0.508 e. The number of benzene rings is 2. The average molecular weight is 477 g/mol. The first-order valence-corrected chi connectivity index (χ1v) is 12.3. The SMILES string of the molecule is CCNCCCN1C(=O)N2C(c3cccc(O)c3)c3[nH]c4ccc(OCC)cc4c3CC2(C)C1=O. The van der Waals surface area contributed by atoms with Gasteiger partial charge in [0, 0.05) is 29.6 Å². The van der Waals surface area contributed by atoms with Crippen molar-refractivity contribution in [1.82, 2.24) is 20.1 Å². The molecule has 2 aliphatic heterocycles. The van der Waals surface area contributed by atoms with E-state index >= 15 is 0 Å². The number of fused-ring (bicyclic) bond motifs is 4. The number of imide groups is 1. The Bertz CT molecular complexity index is 1290. The van der Waals surface area contributed by atoms with Gasteiger partial charge in [0.15, 0.2) is 0 Å². The fourth-order valence-corrected chi connectivity index (χ4v) is 5.53. The number of phenols is 1. The number of aromatic amines is 1. The number of rotatable bonds is 8. The van der Waals surface area contributed by atoms with Gasteiger partial charge in [-0.05, 0) is 74.8 Å². The summed E-state index contributed by atoms with van der Waals surface area (Å²) < 4.78 is 5.74. The van der Waals surface area contributed by atoms with Crippen LogP contribution in [0.5, 0.6) is 11.5 Å². The normalized spacial score (nSPS) is 21.5. The van der Waals surface area contributed by atoms with Crippen LogP contribution in [0.4, 0.5) is 4.79 Å². The van der Waals surface area contributed by atoms with Crippen molar-refractivity contribution in [3.05, 3.63) is 59.3 Å². The van der Waals surface area contributed by atoms with Crippen molar-refractivity contribution < 1.29 is 19.4 Å². The van der Waals surface area contributed by atoms with Gasteiger partial charge in [-0.1, -0.05) is 19.1 Å². The number of urea groups is 1. The Morgan fingerprint density at radius 3 is 2.77 bits per heavy atom. The van der Waals surface area contributed by atoms with Crippen LogP contribution in [0, 0.1) is 0 Å². The minimum absolute atomic E-state index is 0.117. The molecular weight excluding hydrogens is 444 g/mol. The Kier molecular flexibility index (Phi) is 5.92. The molecule has 0 radical (unpaired) electrons. The maximum Gasteiger partial charge on any atom is 0.328 e. The lowest BCUT2D eigenvalue weighted by Crippen LogP contribution is -2.53. The molecule has 1 fully saturated rings. The second kappa shape index (κ2) is 8.92. The van der Waals surface area contributed by atoms with E-state index in [2.05, 4.69) is 10.3 Å². The van der Waals surface area contributed by atoms with Crippen LogP contribution in [0.15, 0.2) is 42.5 Å². The summed E-state index contributed by atoms with van der Waals surface area (Å²) in [5, 5.41) is 14.5. The van der Waals surface area contributed by atoms with Gasteiger partial charge in [0.1, 0.15) is 23.1 Å². The number of aromatic hydroxyl groups is 1. The molecule has 3 aromatic rings. The molecule has 5 rings (SSSR count). The lowest BCUT2D eigenvalue weighted by atomic mass is 9.81. The molecule has 35 heavy (non-hydrogen) atoms. The second-order valence-corrected chi connectivity index (χ2v) is 9.42. The lowest BCUT2D eigenvalue weighted by molar-refractivity contribution is -0.133. The van der Waals surface area contributed by atoms with Crippen LogP contribution >= 0.6 is 0 Å². The Morgan fingerprint density at radius 2 is 2.03 bits per heavy atom. The molecule has 8 nitrogen and oxygen atoms in total.